The minimum Gasteiger partial charge on any atom is -0.347 e. The molecule has 8 heteroatoms. The van der Waals surface area contributed by atoms with E-state index in [9.17, 15) is 13.2 Å². The van der Waals surface area contributed by atoms with E-state index in [1.807, 2.05) is 0 Å². The highest BCUT2D eigenvalue weighted by Gasteiger charge is 2.41. The van der Waals surface area contributed by atoms with Crippen LogP contribution in [0.1, 0.15) is 24.0 Å². The van der Waals surface area contributed by atoms with Crippen molar-refractivity contribution in [3.63, 3.8) is 0 Å². The minimum absolute atomic E-state index is 0.00243. The molecule has 0 aromatic heterocycles. The molecule has 1 unspecified atom stereocenters. The molecule has 128 valence electrons. The summed E-state index contributed by atoms with van der Waals surface area (Å²) in [6.45, 7) is 3.63. The van der Waals surface area contributed by atoms with Gasteiger partial charge < -0.3 is 4.90 Å². The summed E-state index contributed by atoms with van der Waals surface area (Å²) in [7, 11) is -0.667. The van der Waals surface area contributed by atoms with E-state index in [0.29, 0.717) is 35.5 Å². The Morgan fingerprint density at radius 3 is 2.48 bits per heavy atom. The van der Waals surface area contributed by atoms with Gasteiger partial charge in [-0.05, 0) is 43.9 Å². The van der Waals surface area contributed by atoms with Crippen molar-refractivity contribution in [1.29, 1.82) is 0 Å². The van der Waals surface area contributed by atoms with Gasteiger partial charge in [-0.25, -0.2) is 8.42 Å². The summed E-state index contributed by atoms with van der Waals surface area (Å²) in [5.41, 5.74) is 1.00. The Bertz CT molecular complexity index is 721. The zero-order valence-corrected chi connectivity index (χ0v) is 15.9. The minimum atomic E-state index is -3.90. The van der Waals surface area contributed by atoms with Crippen LogP contribution in [0.5, 0.6) is 0 Å². The summed E-state index contributed by atoms with van der Waals surface area (Å²) in [5.74, 6) is -0.224. The number of halogens is 2. The Hall–Kier alpha value is -0.820. The molecule has 0 spiro atoms. The van der Waals surface area contributed by atoms with Gasteiger partial charge in [-0.3, -0.25) is 4.79 Å². The number of hydrogen-bond acceptors (Lipinski definition) is 3. The Morgan fingerprint density at radius 2 is 1.91 bits per heavy atom. The highest BCUT2D eigenvalue weighted by atomic mass is 35.5. The number of carbonyl (C=O) groups excluding carboxylic acids is 1. The van der Waals surface area contributed by atoms with Crippen molar-refractivity contribution < 1.29 is 13.2 Å². The van der Waals surface area contributed by atoms with Crippen molar-refractivity contribution in [1.82, 2.24) is 9.21 Å². The van der Waals surface area contributed by atoms with Crippen LogP contribution >= 0.6 is 23.2 Å². The van der Waals surface area contributed by atoms with Gasteiger partial charge in [0.2, 0.25) is 15.9 Å². The molecule has 1 heterocycles. The molecular formula is C15H20Cl2N2O3S. The first-order valence-corrected chi connectivity index (χ1v) is 9.46. The van der Waals surface area contributed by atoms with Gasteiger partial charge in [0.15, 0.2) is 0 Å². The average Bonchev–Trinajstić information content (AvgIpc) is 2.94. The molecule has 0 radical (unpaired) electrons. The molecule has 1 aromatic rings. The van der Waals surface area contributed by atoms with Crippen LogP contribution in [0, 0.1) is 13.8 Å². The van der Waals surface area contributed by atoms with E-state index in [1.165, 1.54) is 9.21 Å². The van der Waals surface area contributed by atoms with E-state index in [2.05, 4.69) is 0 Å². The molecular weight excluding hydrogens is 359 g/mol. The third kappa shape index (κ3) is 3.22. The Balaban J connectivity index is 2.57. The fourth-order valence-corrected chi connectivity index (χ4v) is 5.63. The van der Waals surface area contributed by atoms with Crippen molar-refractivity contribution in [2.24, 2.45) is 0 Å². The molecule has 1 aliphatic rings. The molecule has 1 atom stereocenters. The summed E-state index contributed by atoms with van der Waals surface area (Å²) in [6.07, 6.45) is 1.14. The molecule has 1 amide bonds. The standard InChI is InChI=1S/C15H20Cl2N2O3S/c1-9-8-11(16)10(2)14(13(9)17)23(21,22)19-7-5-6-12(19)15(20)18(3)4/h8,12H,5-7H2,1-4H3. The highest BCUT2D eigenvalue weighted by molar-refractivity contribution is 7.89. The molecule has 2 rings (SSSR count). The smallest absolute Gasteiger partial charge is 0.245 e. The van der Waals surface area contributed by atoms with Gasteiger partial charge in [0, 0.05) is 25.7 Å². The molecule has 23 heavy (non-hydrogen) atoms. The van der Waals surface area contributed by atoms with Crippen LogP contribution in [-0.4, -0.2) is 50.2 Å². The number of carbonyl (C=O) groups is 1. The number of amides is 1. The molecule has 0 N–H and O–H groups in total. The summed E-state index contributed by atoms with van der Waals surface area (Å²) in [6, 6.07) is 0.953. The van der Waals surface area contributed by atoms with Crippen molar-refractivity contribution in [2.45, 2.75) is 37.6 Å². The largest absolute Gasteiger partial charge is 0.347 e. The second-order valence-corrected chi connectivity index (χ2v) is 8.56. The van der Waals surface area contributed by atoms with Crippen LogP contribution < -0.4 is 0 Å². The number of benzene rings is 1. The van der Waals surface area contributed by atoms with E-state index in [4.69, 9.17) is 23.2 Å². The monoisotopic (exact) mass is 378 g/mol. The lowest BCUT2D eigenvalue weighted by Crippen LogP contribution is -2.45. The molecule has 0 aliphatic carbocycles. The maximum Gasteiger partial charge on any atom is 0.245 e. The second kappa shape index (κ2) is 6.59. The van der Waals surface area contributed by atoms with Crippen LogP contribution in [-0.2, 0) is 14.8 Å². The van der Waals surface area contributed by atoms with E-state index in [1.54, 1.807) is 34.0 Å². The van der Waals surface area contributed by atoms with Crippen LogP contribution in [0.4, 0.5) is 0 Å². The Morgan fingerprint density at radius 1 is 1.30 bits per heavy atom. The number of rotatable bonds is 3. The third-order valence-electron chi connectivity index (χ3n) is 4.08. The van der Waals surface area contributed by atoms with Gasteiger partial charge in [-0.2, -0.15) is 4.31 Å². The van der Waals surface area contributed by atoms with Crippen LogP contribution in [0.15, 0.2) is 11.0 Å². The maximum absolute atomic E-state index is 13.1. The first-order valence-electron chi connectivity index (χ1n) is 7.27. The average molecular weight is 379 g/mol. The predicted octanol–water partition coefficient (Wildman–Crippen LogP) is 2.85. The molecule has 1 fully saturated rings. The van der Waals surface area contributed by atoms with Gasteiger partial charge >= 0.3 is 0 Å². The van der Waals surface area contributed by atoms with E-state index < -0.39 is 16.1 Å². The van der Waals surface area contributed by atoms with Crippen molar-refractivity contribution >= 4 is 39.1 Å². The van der Waals surface area contributed by atoms with Crippen molar-refractivity contribution in [3.05, 3.63) is 27.2 Å². The first-order chi connectivity index (χ1) is 10.6. The zero-order chi connectivity index (χ0) is 17.5. The van der Waals surface area contributed by atoms with Crippen molar-refractivity contribution in [3.8, 4) is 0 Å². The lowest BCUT2D eigenvalue weighted by Gasteiger charge is -2.27. The fourth-order valence-electron chi connectivity index (χ4n) is 2.81. The summed E-state index contributed by atoms with van der Waals surface area (Å²) in [4.78, 5) is 13.7. The van der Waals surface area contributed by atoms with Crippen molar-refractivity contribution in [2.75, 3.05) is 20.6 Å². The summed E-state index contributed by atoms with van der Waals surface area (Å²) >= 11 is 12.4. The Kier molecular flexibility index (Phi) is 5.31. The predicted molar refractivity (Wildman–Crippen MR) is 91.5 cm³/mol. The second-order valence-electron chi connectivity index (χ2n) is 5.95. The van der Waals surface area contributed by atoms with Gasteiger partial charge in [0.1, 0.15) is 10.9 Å². The molecule has 5 nitrogen and oxygen atoms in total. The third-order valence-corrected chi connectivity index (χ3v) is 7.16. The van der Waals surface area contributed by atoms with Gasteiger partial charge in [-0.1, -0.05) is 23.2 Å². The molecule has 1 saturated heterocycles. The molecule has 1 aliphatic heterocycles. The molecule has 0 saturated carbocycles. The molecule has 1 aromatic carbocycles. The first kappa shape index (κ1) is 18.5. The zero-order valence-electron chi connectivity index (χ0n) is 13.6. The maximum atomic E-state index is 13.1. The summed E-state index contributed by atoms with van der Waals surface area (Å²) in [5, 5.41) is 0.509. The van der Waals surface area contributed by atoms with Crippen LogP contribution in [0.2, 0.25) is 10.0 Å². The molecule has 0 bridgehead atoms. The Labute approximate surface area is 147 Å². The van der Waals surface area contributed by atoms with Crippen LogP contribution in [0.3, 0.4) is 0 Å². The van der Waals surface area contributed by atoms with E-state index in [0.717, 1.165) is 0 Å². The van der Waals surface area contributed by atoms with E-state index in [-0.39, 0.29) is 15.8 Å². The van der Waals surface area contributed by atoms with Gasteiger partial charge in [0.25, 0.3) is 0 Å². The number of likely N-dealkylation sites (N-methyl/N-ethyl adjacent to an activating group) is 1. The van der Waals surface area contributed by atoms with Crippen LogP contribution in [0.25, 0.3) is 0 Å². The SMILES string of the molecule is Cc1cc(Cl)c(C)c(S(=O)(=O)N2CCCC2C(=O)N(C)C)c1Cl. The summed E-state index contributed by atoms with van der Waals surface area (Å²) < 4.78 is 27.5. The number of sulfonamides is 1. The topological polar surface area (TPSA) is 57.7 Å². The number of nitrogens with zero attached hydrogens (tertiary/aromatic N) is 2. The number of hydrogen-bond donors (Lipinski definition) is 0. The van der Waals surface area contributed by atoms with Gasteiger partial charge in [-0.15, -0.1) is 0 Å². The quantitative estimate of drug-likeness (QED) is 0.812. The van der Waals surface area contributed by atoms with E-state index >= 15 is 0 Å². The lowest BCUT2D eigenvalue weighted by molar-refractivity contribution is -0.132. The van der Waals surface area contributed by atoms with Gasteiger partial charge in [0.05, 0.1) is 5.02 Å². The highest BCUT2D eigenvalue weighted by Crippen LogP contribution is 2.37. The normalized spacial score (nSPS) is 19.1. The lowest BCUT2D eigenvalue weighted by atomic mass is 10.2. The number of aryl methyl sites for hydroxylation is 1. The fraction of sp³-hybridized carbons (Fsp3) is 0.533.